The maximum atomic E-state index is 13.0. The number of aromatic nitrogens is 2. The lowest BCUT2D eigenvalue weighted by Crippen LogP contribution is -2.15. The number of H-pyrrole nitrogens is 1. The summed E-state index contributed by atoms with van der Waals surface area (Å²) < 4.78 is 1.66. The van der Waals surface area contributed by atoms with Crippen LogP contribution < -0.4 is 5.56 Å². The zero-order valence-electron chi connectivity index (χ0n) is 13.8. The molecule has 3 rings (SSSR count). The van der Waals surface area contributed by atoms with Crippen molar-refractivity contribution in [3.63, 3.8) is 0 Å². The van der Waals surface area contributed by atoms with Gasteiger partial charge in [0.1, 0.15) is 0 Å². The molecule has 0 saturated heterocycles. The fourth-order valence-electron chi connectivity index (χ4n) is 2.89. The second kappa shape index (κ2) is 6.29. The van der Waals surface area contributed by atoms with E-state index in [0.29, 0.717) is 5.92 Å². The second-order valence-corrected chi connectivity index (χ2v) is 6.41. The van der Waals surface area contributed by atoms with Crippen LogP contribution in [0.4, 0.5) is 0 Å². The molecule has 1 heterocycles. The lowest BCUT2D eigenvalue weighted by atomic mass is 10.0. The summed E-state index contributed by atoms with van der Waals surface area (Å²) >= 11 is 0. The van der Waals surface area contributed by atoms with Crippen LogP contribution >= 0.6 is 0 Å². The third kappa shape index (κ3) is 3.14. The summed E-state index contributed by atoms with van der Waals surface area (Å²) in [6.07, 6.45) is 0.846. The number of benzene rings is 2. The molecule has 0 aliphatic carbocycles. The molecule has 0 atom stereocenters. The predicted molar refractivity (Wildman–Crippen MR) is 95.1 cm³/mol. The first kappa shape index (κ1) is 15.3. The Labute approximate surface area is 136 Å². The zero-order chi connectivity index (χ0) is 16.4. The number of hydrogen-bond acceptors (Lipinski definition) is 1. The summed E-state index contributed by atoms with van der Waals surface area (Å²) in [5.74, 6) is 0.474. The van der Waals surface area contributed by atoms with Gasteiger partial charge in [0.05, 0.1) is 11.3 Å². The van der Waals surface area contributed by atoms with Crippen LogP contribution in [0, 0.1) is 12.8 Å². The molecular formula is C20H22N2O. The van der Waals surface area contributed by atoms with E-state index in [-0.39, 0.29) is 5.56 Å². The molecule has 0 amide bonds. The molecule has 0 fully saturated rings. The van der Waals surface area contributed by atoms with E-state index in [0.717, 1.165) is 34.5 Å². The number of rotatable bonds is 4. The van der Waals surface area contributed by atoms with E-state index < -0.39 is 0 Å². The molecule has 0 saturated carbocycles. The number of aromatic amines is 1. The summed E-state index contributed by atoms with van der Waals surface area (Å²) in [7, 11) is 0. The van der Waals surface area contributed by atoms with E-state index in [4.69, 9.17) is 0 Å². The smallest absolute Gasteiger partial charge is 0.279 e. The standard InChI is InChI=1S/C20H22N2O/c1-14(2)12-18-19(16-9-5-4-6-10-16)20(23)22(21-18)17-11-7-8-15(3)13-17/h4-11,13-14,21H,12H2,1-3H3. The minimum Gasteiger partial charge on any atom is -0.294 e. The molecule has 2 aromatic carbocycles. The van der Waals surface area contributed by atoms with Gasteiger partial charge in [0.15, 0.2) is 0 Å². The van der Waals surface area contributed by atoms with Gasteiger partial charge in [-0.3, -0.25) is 9.89 Å². The molecule has 0 bridgehead atoms. The molecule has 1 aromatic heterocycles. The van der Waals surface area contributed by atoms with Gasteiger partial charge in [-0.1, -0.05) is 56.3 Å². The summed E-state index contributed by atoms with van der Waals surface area (Å²) in [5, 5.41) is 3.33. The number of hydrogen-bond donors (Lipinski definition) is 1. The summed E-state index contributed by atoms with van der Waals surface area (Å²) in [5.41, 5.74) is 4.77. The highest BCUT2D eigenvalue weighted by molar-refractivity contribution is 5.65. The Morgan fingerprint density at radius 2 is 1.78 bits per heavy atom. The van der Waals surface area contributed by atoms with E-state index in [1.165, 1.54) is 0 Å². The molecular weight excluding hydrogens is 284 g/mol. The lowest BCUT2D eigenvalue weighted by molar-refractivity contribution is 0.628. The first-order valence-corrected chi connectivity index (χ1v) is 8.02. The Morgan fingerprint density at radius 3 is 2.43 bits per heavy atom. The third-order valence-electron chi connectivity index (χ3n) is 3.90. The van der Waals surface area contributed by atoms with Gasteiger partial charge >= 0.3 is 0 Å². The van der Waals surface area contributed by atoms with Crippen molar-refractivity contribution in [3.05, 3.63) is 76.2 Å². The van der Waals surface area contributed by atoms with Crippen LogP contribution in [-0.2, 0) is 6.42 Å². The van der Waals surface area contributed by atoms with E-state index in [1.807, 2.05) is 61.5 Å². The topological polar surface area (TPSA) is 37.8 Å². The lowest BCUT2D eigenvalue weighted by Gasteiger charge is -2.05. The summed E-state index contributed by atoms with van der Waals surface area (Å²) in [4.78, 5) is 13.0. The molecule has 3 aromatic rings. The van der Waals surface area contributed by atoms with Crippen molar-refractivity contribution in [1.82, 2.24) is 9.78 Å². The van der Waals surface area contributed by atoms with Crippen LogP contribution in [0.1, 0.15) is 25.1 Å². The third-order valence-corrected chi connectivity index (χ3v) is 3.90. The Hall–Kier alpha value is -2.55. The molecule has 0 radical (unpaired) electrons. The van der Waals surface area contributed by atoms with Crippen molar-refractivity contribution in [3.8, 4) is 16.8 Å². The Balaban J connectivity index is 2.20. The summed E-state index contributed by atoms with van der Waals surface area (Å²) in [6.45, 7) is 6.36. The van der Waals surface area contributed by atoms with Gasteiger partial charge in [0, 0.05) is 5.69 Å². The van der Waals surface area contributed by atoms with Gasteiger partial charge in [0.25, 0.3) is 5.56 Å². The fraction of sp³-hybridized carbons (Fsp3) is 0.250. The molecule has 0 aliphatic heterocycles. The largest absolute Gasteiger partial charge is 0.294 e. The van der Waals surface area contributed by atoms with Crippen molar-refractivity contribution in [2.24, 2.45) is 5.92 Å². The average Bonchev–Trinajstić information content (AvgIpc) is 2.84. The normalized spacial score (nSPS) is 11.1. The highest BCUT2D eigenvalue weighted by Gasteiger charge is 2.17. The zero-order valence-corrected chi connectivity index (χ0v) is 13.8. The van der Waals surface area contributed by atoms with Crippen LogP contribution in [0.2, 0.25) is 0 Å². The molecule has 0 aliphatic rings. The minimum absolute atomic E-state index is 0.0115. The van der Waals surface area contributed by atoms with Crippen LogP contribution in [0.3, 0.4) is 0 Å². The van der Waals surface area contributed by atoms with Crippen molar-refractivity contribution < 1.29 is 0 Å². The van der Waals surface area contributed by atoms with Crippen molar-refractivity contribution in [1.29, 1.82) is 0 Å². The van der Waals surface area contributed by atoms with Crippen molar-refractivity contribution in [2.75, 3.05) is 0 Å². The second-order valence-electron chi connectivity index (χ2n) is 6.41. The SMILES string of the molecule is Cc1cccc(-n2[nH]c(CC(C)C)c(-c3ccccc3)c2=O)c1. The van der Waals surface area contributed by atoms with Gasteiger partial charge in [0.2, 0.25) is 0 Å². The van der Waals surface area contributed by atoms with E-state index in [1.54, 1.807) is 4.68 Å². The molecule has 118 valence electrons. The quantitative estimate of drug-likeness (QED) is 0.765. The molecule has 0 spiro atoms. The van der Waals surface area contributed by atoms with E-state index >= 15 is 0 Å². The Morgan fingerprint density at radius 1 is 1.04 bits per heavy atom. The molecule has 0 unspecified atom stereocenters. The van der Waals surface area contributed by atoms with E-state index in [9.17, 15) is 4.79 Å². The van der Waals surface area contributed by atoms with Gasteiger partial charge in [-0.15, -0.1) is 0 Å². The van der Waals surface area contributed by atoms with Gasteiger partial charge in [-0.2, -0.15) is 0 Å². The first-order chi connectivity index (χ1) is 11.1. The summed E-state index contributed by atoms with van der Waals surface area (Å²) in [6, 6.07) is 17.9. The Bertz CT molecular complexity index is 857. The fourth-order valence-corrected chi connectivity index (χ4v) is 2.89. The highest BCUT2D eigenvalue weighted by atomic mass is 16.1. The first-order valence-electron chi connectivity index (χ1n) is 8.02. The van der Waals surface area contributed by atoms with Gasteiger partial charge in [-0.05, 0) is 42.5 Å². The number of nitrogens with zero attached hydrogens (tertiary/aromatic N) is 1. The minimum atomic E-state index is 0.0115. The predicted octanol–water partition coefficient (Wildman–Crippen LogP) is 4.34. The molecule has 1 N–H and O–H groups in total. The number of aryl methyl sites for hydroxylation is 1. The molecule has 23 heavy (non-hydrogen) atoms. The van der Waals surface area contributed by atoms with Crippen LogP contribution in [0.25, 0.3) is 16.8 Å². The van der Waals surface area contributed by atoms with Crippen molar-refractivity contribution >= 4 is 0 Å². The van der Waals surface area contributed by atoms with Crippen LogP contribution in [-0.4, -0.2) is 9.78 Å². The average molecular weight is 306 g/mol. The molecule has 3 heteroatoms. The van der Waals surface area contributed by atoms with Crippen LogP contribution in [0.15, 0.2) is 59.4 Å². The van der Waals surface area contributed by atoms with Gasteiger partial charge < -0.3 is 0 Å². The van der Waals surface area contributed by atoms with Crippen molar-refractivity contribution in [2.45, 2.75) is 27.2 Å². The van der Waals surface area contributed by atoms with Gasteiger partial charge in [-0.25, -0.2) is 4.68 Å². The highest BCUT2D eigenvalue weighted by Crippen LogP contribution is 2.22. The maximum Gasteiger partial charge on any atom is 0.279 e. The van der Waals surface area contributed by atoms with E-state index in [2.05, 4.69) is 18.9 Å². The Kier molecular flexibility index (Phi) is 4.20. The number of nitrogens with one attached hydrogen (secondary N) is 1. The molecule has 3 nitrogen and oxygen atoms in total. The monoisotopic (exact) mass is 306 g/mol. The maximum absolute atomic E-state index is 13.0. The van der Waals surface area contributed by atoms with Crippen LogP contribution in [0.5, 0.6) is 0 Å².